The number of hydrogen-bond acceptors (Lipinski definition) is 11. The summed E-state index contributed by atoms with van der Waals surface area (Å²) in [5.41, 5.74) is 8.08. The Morgan fingerprint density at radius 1 is 0.930 bits per heavy atom. The first-order valence-corrected chi connectivity index (χ1v) is 13.9. The number of nitrogens with one attached hydrogen (secondary N) is 2. The van der Waals surface area contributed by atoms with E-state index in [9.17, 15) is 19.2 Å². The fourth-order valence-corrected chi connectivity index (χ4v) is 3.95. The van der Waals surface area contributed by atoms with Crippen LogP contribution in [0.3, 0.4) is 0 Å². The van der Waals surface area contributed by atoms with Crippen molar-refractivity contribution in [3.05, 3.63) is 45.9 Å². The number of H-pyrrole nitrogens is 1. The van der Waals surface area contributed by atoms with Crippen LogP contribution >= 0.6 is 0 Å². The second-order valence-corrected chi connectivity index (χ2v) is 9.52. The van der Waals surface area contributed by atoms with Gasteiger partial charge in [0, 0.05) is 32.9 Å². The predicted octanol–water partition coefficient (Wildman–Crippen LogP) is 0.681. The number of carboxylic acids is 1. The Hall–Kier alpha value is -4.34. The van der Waals surface area contributed by atoms with Gasteiger partial charge in [0.15, 0.2) is 11.5 Å². The first-order chi connectivity index (χ1) is 20.8. The number of methoxy groups -OCH3 is 1. The zero-order valence-corrected chi connectivity index (χ0v) is 24.1. The smallest absolute Gasteiger partial charge is 0.328 e. The van der Waals surface area contributed by atoms with E-state index in [1.54, 1.807) is 7.11 Å². The number of aromatic nitrogens is 4. The molecule has 234 valence electrons. The number of imidazole rings is 1. The lowest BCUT2D eigenvalue weighted by Crippen LogP contribution is -2.28. The Bertz CT molecular complexity index is 1400. The quantitative estimate of drug-likeness (QED) is 0.124. The lowest BCUT2D eigenvalue weighted by molar-refractivity contribution is -0.138. The second kappa shape index (κ2) is 17.6. The third-order valence-electron chi connectivity index (χ3n) is 6.24. The maximum Gasteiger partial charge on any atom is 0.328 e. The Kier molecular flexibility index (Phi) is 13.6. The van der Waals surface area contributed by atoms with Gasteiger partial charge >= 0.3 is 17.7 Å². The SMILES string of the molecule is COCCOc1nc(N)c2[nH]c(=O)n(Cc3ccc(CCC(=O)CCC(=O)NCCOCCOCCC(=O)O)cc3)c2n1. The highest BCUT2D eigenvalue weighted by atomic mass is 16.5. The van der Waals surface area contributed by atoms with Crippen LogP contribution in [0.2, 0.25) is 0 Å². The van der Waals surface area contributed by atoms with Crippen molar-refractivity contribution in [3.8, 4) is 6.01 Å². The van der Waals surface area contributed by atoms with Crippen molar-refractivity contribution in [2.75, 3.05) is 59.0 Å². The number of benzene rings is 1. The summed E-state index contributed by atoms with van der Waals surface area (Å²) in [5, 5.41) is 11.2. The third-order valence-corrected chi connectivity index (χ3v) is 6.24. The topological polar surface area (TPSA) is 210 Å². The largest absolute Gasteiger partial charge is 0.481 e. The molecular weight excluding hydrogens is 564 g/mol. The summed E-state index contributed by atoms with van der Waals surface area (Å²) >= 11 is 0. The van der Waals surface area contributed by atoms with Crippen LogP contribution in [-0.4, -0.2) is 95.6 Å². The molecule has 3 aromatic rings. The van der Waals surface area contributed by atoms with Gasteiger partial charge in [0.2, 0.25) is 5.91 Å². The van der Waals surface area contributed by atoms with E-state index in [1.807, 2.05) is 24.3 Å². The number of nitrogen functional groups attached to an aromatic ring is 1. The Morgan fingerprint density at radius 3 is 2.37 bits per heavy atom. The maximum atomic E-state index is 12.6. The van der Waals surface area contributed by atoms with Gasteiger partial charge in [0.25, 0.3) is 0 Å². The van der Waals surface area contributed by atoms with Crippen molar-refractivity contribution in [2.45, 2.75) is 38.6 Å². The number of hydrogen-bond donors (Lipinski definition) is 4. The Labute approximate surface area is 247 Å². The molecule has 0 atom stereocenters. The van der Waals surface area contributed by atoms with E-state index >= 15 is 0 Å². The molecule has 2 heterocycles. The van der Waals surface area contributed by atoms with E-state index in [-0.39, 0.29) is 74.8 Å². The van der Waals surface area contributed by atoms with E-state index in [2.05, 4.69) is 20.3 Å². The average Bonchev–Trinajstić information content (AvgIpc) is 3.29. The number of Topliss-reactive ketones (excluding diaryl/α,β-unsaturated/α-hetero) is 1. The van der Waals surface area contributed by atoms with Gasteiger partial charge in [0.1, 0.15) is 17.9 Å². The summed E-state index contributed by atoms with van der Waals surface area (Å²) < 4.78 is 22.3. The minimum absolute atomic E-state index is 0.0138. The van der Waals surface area contributed by atoms with E-state index < -0.39 is 5.97 Å². The number of aliphatic carboxylic acids is 1. The molecule has 0 aliphatic carbocycles. The number of aryl methyl sites for hydroxylation is 1. The Morgan fingerprint density at radius 2 is 1.65 bits per heavy atom. The number of anilines is 1. The first kappa shape index (κ1) is 33.2. The van der Waals surface area contributed by atoms with Crippen LogP contribution in [-0.2, 0) is 41.6 Å². The average molecular weight is 603 g/mol. The molecule has 15 nitrogen and oxygen atoms in total. The molecule has 0 fully saturated rings. The van der Waals surface area contributed by atoms with Gasteiger partial charge in [-0.3, -0.25) is 19.0 Å². The molecule has 1 amide bonds. The first-order valence-electron chi connectivity index (χ1n) is 13.9. The van der Waals surface area contributed by atoms with Crippen LogP contribution in [0.25, 0.3) is 11.2 Å². The number of carbonyl (C=O) groups excluding carboxylic acids is 2. The van der Waals surface area contributed by atoms with Crippen molar-refractivity contribution in [1.82, 2.24) is 24.8 Å². The Balaban J connectivity index is 1.37. The van der Waals surface area contributed by atoms with Crippen LogP contribution in [0.4, 0.5) is 5.82 Å². The molecule has 0 bridgehead atoms. The van der Waals surface area contributed by atoms with Crippen LogP contribution in [0.5, 0.6) is 6.01 Å². The number of fused-ring (bicyclic) bond motifs is 1. The molecule has 0 unspecified atom stereocenters. The molecule has 0 radical (unpaired) electrons. The van der Waals surface area contributed by atoms with Crippen LogP contribution in [0.15, 0.2) is 29.1 Å². The van der Waals surface area contributed by atoms with Crippen molar-refractivity contribution in [2.24, 2.45) is 0 Å². The molecule has 15 heteroatoms. The number of carboxylic acid groups (broad SMARTS) is 1. The van der Waals surface area contributed by atoms with E-state index in [1.165, 1.54) is 4.57 Å². The van der Waals surface area contributed by atoms with Crippen LogP contribution in [0.1, 0.15) is 36.8 Å². The number of rotatable bonds is 21. The molecule has 0 spiro atoms. The molecule has 1 aromatic carbocycles. The fourth-order valence-electron chi connectivity index (χ4n) is 3.95. The lowest BCUT2D eigenvalue weighted by Gasteiger charge is -2.08. The van der Waals surface area contributed by atoms with Crippen molar-refractivity contribution >= 4 is 34.6 Å². The maximum absolute atomic E-state index is 12.6. The number of carbonyl (C=O) groups is 3. The van der Waals surface area contributed by atoms with Crippen molar-refractivity contribution in [1.29, 1.82) is 0 Å². The monoisotopic (exact) mass is 602 g/mol. The summed E-state index contributed by atoms with van der Waals surface area (Å²) in [6.45, 7) is 2.13. The van der Waals surface area contributed by atoms with Crippen molar-refractivity contribution < 1.29 is 38.4 Å². The minimum atomic E-state index is -0.919. The van der Waals surface area contributed by atoms with Crippen LogP contribution < -0.4 is 21.5 Å². The third kappa shape index (κ3) is 11.5. The normalized spacial score (nSPS) is 11.1. The van der Waals surface area contributed by atoms with Gasteiger partial charge in [-0.25, -0.2) is 4.79 Å². The highest BCUT2D eigenvalue weighted by Gasteiger charge is 2.15. The van der Waals surface area contributed by atoms with Gasteiger partial charge in [-0.2, -0.15) is 9.97 Å². The van der Waals surface area contributed by atoms with Gasteiger partial charge in [-0.05, 0) is 17.5 Å². The molecule has 0 saturated carbocycles. The van der Waals surface area contributed by atoms with Gasteiger partial charge in [0.05, 0.1) is 46.0 Å². The van der Waals surface area contributed by atoms with Gasteiger partial charge in [-0.1, -0.05) is 24.3 Å². The molecule has 43 heavy (non-hydrogen) atoms. The predicted molar refractivity (Wildman–Crippen MR) is 155 cm³/mol. The van der Waals surface area contributed by atoms with E-state index in [0.29, 0.717) is 50.4 Å². The number of nitrogens with two attached hydrogens (primary N) is 1. The summed E-state index contributed by atoms with van der Waals surface area (Å²) in [6, 6.07) is 7.60. The zero-order valence-electron chi connectivity index (χ0n) is 24.1. The molecule has 5 N–H and O–H groups in total. The van der Waals surface area contributed by atoms with E-state index in [0.717, 1.165) is 11.1 Å². The van der Waals surface area contributed by atoms with Crippen LogP contribution in [0, 0.1) is 0 Å². The summed E-state index contributed by atoms with van der Waals surface area (Å²) in [7, 11) is 1.55. The minimum Gasteiger partial charge on any atom is -0.481 e. The number of ketones is 1. The molecular formula is C28H38N6O9. The van der Waals surface area contributed by atoms with Gasteiger partial charge < -0.3 is 40.1 Å². The fraction of sp³-hybridized carbons (Fsp3) is 0.500. The molecule has 0 saturated heterocycles. The summed E-state index contributed by atoms with van der Waals surface area (Å²) in [4.78, 5) is 58.4. The standard InChI is InChI=1S/C28H38N6O9/c1-40-14-17-43-27-32-25(29)24-26(33-27)34(28(39)31-24)18-20-4-2-19(3-5-20)6-7-21(35)8-9-22(36)30-11-13-42-16-15-41-12-10-23(37)38/h2-5H,6-18H2,1H3,(H,30,36)(H,31,39)(H,37,38)(H2,29,32,33). The number of amides is 1. The zero-order chi connectivity index (χ0) is 31.0. The number of ether oxygens (including phenoxy) is 4. The highest BCUT2D eigenvalue weighted by Crippen LogP contribution is 2.19. The molecule has 2 aromatic heterocycles. The molecule has 3 rings (SSSR count). The summed E-state index contributed by atoms with van der Waals surface area (Å²) in [5.74, 6) is -1.06. The second-order valence-electron chi connectivity index (χ2n) is 9.52. The van der Waals surface area contributed by atoms with Crippen molar-refractivity contribution in [3.63, 3.8) is 0 Å². The number of nitrogens with zero attached hydrogens (tertiary/aromatic N) is 3. The molecule has 0 aliphatic heterocycles. The van der Waals surface area contributed by atoms with Gasteiger partial charge in [-0.15, -0.1) is 0 Å². The highest BCUT2D eigenvalue weighted by molar-refractivity contribution is 5.85. The lowest BCUT2D eigenvalue weighted by atomic mass is 10.0. The summed E-state index contributed by atoms with van der Waals surface area (Å²) in [6.07, 6.45) is 1.03. The van der Waals surface area contributed by atoms with E-state index in [4.69, 9.17) is 29.8 Å². The molecule has 0 aliphatic rings. The number of aromatic amines is 1.